The number of sulfonamides is 1. The minimum Gasteiger partial charge on any atom is -0.345 e. The average molecular weight is 459 g/mol. The van der Waals surface area contributed by atoms with Crippen molar-refractivity contribution in [3.8, 4) is 0 Å². The Morgan fingerprint density at radius 3 is 2.71 bits per heavy atom. The Labute approximate surface area is 175 Å². The number of amides is 1. The number of hydrogen-bond acceptors (Lipinski definition) is 4. The predicted molar refractivity (Wildman–Crippen MR) is 109 cm³/mol. The number of benzene rings is 1. The molecule has 1 amide bonds. The number of aromatic nitrogens is 2. The monoisotopic (exact) mass is 458 g/mol. The molecule has 0 fully saturated rings. The number of aryl methyl sites for hydroxylation is 1. The van der Waals surface area contributed by atoms with Crippen LogP contribution in [-0.2, 0) is 23.6 Å². The standard InChI is InChI=1S/C17H16Cl2N4O3S2/c1-20-28(25,26)13-8-15(22(2)10-13)16(24)21-17-23(5-6-27-17)9-11-3-4-12(18)7-14(11)19/h3-8,10,20H,9H2,1-2H3. The zero-order valence-corrected chi connectivity index (χ0v) is 18.0. The van der Waals surface area contributed by atoms with Crippen LogP contribution in [-0.4, -0.2) is 30.5 Å². The fourth-order valence-electron chi connectivity index (χ4n) is 2.50. The highest BCUT2D eigenvalue weighted by molar-refractivity contribution is 7.89. The van der Waals surface area contributed by atoms with Crippen molar-refractivity contribution in [1.82, 2.24) is 13.9 Å². The number of halogens is 2. The molecule has 0 aliphatic rings. The molecule has 0 aliphatic heterocycles. The first-order valence-corrected chi connectivity index (χ1v) is 11.1. The van der Waals surface area contributed by atoms with Crippen molar-refractivity contribution in [2.45, 2.75) is 11.4 Å². The first-order valence-electron chi connectivity index (χ1n) is 7.98. The van der Waals surface area contributed by atoms with E-state index in [0.717, 1.165) is 5.56 Å². The Morgan fingerprint density at radius 1 is 1.29 bits per heavy atom. The number of nitrogens with one attached hydrogen (secondary N) is 1. The quantitative estimate of drug-likeness (QED) is 0.637. The topological polar surface area (TPSA) is 85.5 Å². The number of hydrogen-bond donors (Lipinski definition) is 1. The molecular formula is C17H16Cl2N4O3S2. The number of rotatable bonds is 5. The summed E-state index contributed by atoms with van der Waals surface area (Å²) in [7, 11) is -0.744. The molecule has 148 valence electrons. The van der Waals surface area contributed by atoms with E-state index in [4.69, 9.17) is 23.2 Å². The van der Waals surface area contributed by atoms with E-state index in [1.54, 1.807) is 35.3 Å². The summed E-state index contributed by atoms with van der Waals surface area (Å²) in [6.07, 6.45) is 3.16. The molecule has 0 unspecified atom stereocenters. The predicted octanol–water partition coefficient (Wildman–Crippen LogP) is 2.89. The van der Waals surface area contributed by atoms with Crippen LogP contribution in [0.3, 0.4) is 0 Å². The molecule has 0 saturated carbocycles. The molecule has 3 aromatic rings. The third-order valence-electron chi connectivity index (χ3n) is 3.99. The molecule has 3 rings (SSSR count). The number of nitrogens with zero attached hydrogens (tertiary/aromatic N) is 3. The third kappa shape index (κ3) is 4.39. The van der Waals surface area contributed by atoms with Gasteiger partial charge in [0, 0.05) is 34.9 Å². The van der Waals surface area contributed by atoms with Gasteiger partial charge in [-0.3, -0.25) is 4.79 Å². The summed E-state index contributed by atoms with van der Waals surface area (Å²) in [5.74, 6) is -0.543. The summed E-state index contributed by atoms with van der Waals surface area (Å²) in [4.78, 5) is 17.2. The van der Waals surface area contributed by atoms with Gasteiger partial charge in [0.25, 0.3) is 5.91 Å². The van der Waals surface area contributed by atoms with Gasteiger partial charge in [-0.05, 0) is 30.8 Å². The lowest BCUT2D eigenvalue weighted by molar-refractivity contribution is 0.0990. The lowest BCUT2D eigenvalue weighted by Gasteiger charge is -2.06. The molecule has 2 heterocycles. The minimum atomic E-state index is -3.65. The Hall–Kier alpha value is -1.91. The van der Waals surface area contributed by atoms with Crippen LogP contribution in [0.1, 0.15) is 16.1 Å². The summed E-state index contributed by atoms with van der Waals surface area (Å²) in [6.45, 7) is 0.415. The van der Waals surface area contributed by atoms with Gasteiger partial charge in [-0.25, -0.2) is 13.1 Å². The number of carbonyl (C=O) groups excluding carboxylic acids is 1. The fraction of sp³-hybridized carbons (Fsp3) is 0.176. The zero-order valence-electron chi connectivity index (χ0n) is 14.9. The summed E-state index contributed by atoms with van der Waals surface area (Å²) >= 11 is 13.4. The van der Waals surface area contributed by atoms with Crippen molar-refractivity contribution >= 4 is 50.5 Å². The second-order valence-electron chi connectivity index (χ2n) is 5.85. The summed E-state index contributed by atoms with van der Waals surface area (Å²) in [5, 5.41) is 2.87. The van der Waals surface area contributed by atoms with E-state index in [9.17, 15) is 13.2 Å². The van der Waals surface area contributed by atoms with E-state index in [1.807, 2.05) is 6.07 Å². The van der Waals surface area contributed by atoms with Crippen LogP contribution in [0, 0.1) is 0 Å². The van der Waals surface area contributed by atoms with E-state index in [1.165, 1.54) is 35.2 Å². The van der Waals surface area contributed by atoms with Gasteiger partial charge in [0.2, 0.25) is 10.0 Å². The molecule has 0 aliphatic carbocycles. The Balaban J connectivity index is 1.93. The van der Waals surface area contributed by atoms with E-state index in [-0.39, 0.29) is 10.6 Å². The molecule has 1 aromatic carbocycles. The van der Waals surface area contributed by atoms with E-state index in [0.29, 0.717) is 21.4 Å². The maximum absolute atomic E-state index is 12.6. The van der Waals surface area contributed by atoms with Crippen molar-refractivity contribution in [2.75, 3.05) is 7.05 Å². The van der Waals surface area contributed by atoms with Crippen LogP contribution >= 0.6 is 34.5 Å². The van der Waals surface area contributed by atoms with Crippen molar-refractivity contribution < 1.29 is 13.2 Å². The molecule has 7 nitrogen and oxygen atoms in total. The minimum absolute atomic E-state index is 0.00283. The van der Waals surface area contributed by atoms with Crippen molar-refractivity contribution in [3.63, 3.8) is 0 Å². The molecule has 0 radical (unpaired) electrons. The van der Waals surface area contributed by atoms with Crippen molar-refractivity contribution in [2.24, 2.45) is 12.0 Å². The smallest absolute Gasteiger partial charge is 0.296 e. The third-order valence-corrected chi connectivity index (χ3v) is 6.75. The molecule has 0 saturated heterocycles. The average Bonchev–Trinajstić information content (AvgIpc) is 3.24. The summed E-state index contributed by atoms with van der Waals surface area (Å²) in [6, 6.07) is 6.51. The maximum Gasteiger partial charge on any atom is 0.296 e. The fourth-order valence-corrected chi connectivity index (χ4v) is 4.49. The van der Waals surface area contributed by atoms with Crippen LogP contribution in [0.15, 0.2) is 51.9 Å². The normalized spacial score (nSPS) is 12.5. The molecule has 1 N–H and O–H groups in total. The molecular weight excluding hydrogens is 443 g/mol. The molecule has 0 spiro atoms. The van der Waals surface area contributed by atoms with Crippen molar-refractivity contribution in [3.05, 3.63) is 68.1 Å². The molecule has 2 aromatic heterocycles. The molecule has 11 heteroatoms. The molecule has 28 heavy (non-hydrogen) atoms. The van der Waals surface area contributed by atoms with Crippen molar-refractivity contribution in [1.29, 1.82) is 0 Å². The van der Waals surface area contributed by atoms with Gasteiger partial charge < -0.3 is 9.13 Å². The van der Waals surface area contributed by atoms with Gasteiger partial charge in [0.1, 0.15) is 10.6 Å². The maximum atomic E-state index is 12.6. The van der Waals surface area contributed by atoms with Crippen LogP contribution in [0.5, 0.6) is 0 Å². The van der Waals surface area contributed by atoms with Crippen LogP contribution in [0.2, 0.25) is 10.0 Å². The van der Waals surface area contributed by atoms with Gasteiger partial charge in [-0.1, -0.05) is 29.3 Å². The number of carbonyl (C=O) groups is 1. The van der Waals surface area contributed by atoms with E-state index < -0.39 is 15.9 Å². The Bertz CT molecular complexity index is 1210. The molecule has 0 atom stereocenters. The summed E-state index contributed by atoms with van der Waals surface area (Å²) < 4.78 is 29.3. The first-order chi connectivity index (χ1) is 13.2. The van der Waals surface area contributed by atoms with E-state index >= 15 is 0 Å². The van der Waals surface area contributed by atoms with Gasteiger partial charge in [-0.2, -0.15) is 4.99 Å². The molecule has 0 bridgehead atoms. The second-order valence-corrected chi connectivity index (χ2v) is 9.45. The van der Waals surface area contributed by atoms with Gasteiger partial charge >= 0.3 is 0 Å². The highest BCUT2D eigenvalue weighted by Gasteiger charge is 2.19. The SMILES string of the molecule is CNS(=O)(=O)c1cc(C(=O)N=c2sccn2Cc2ccc(Cl)cc2Cl)n(C)c1. The van der Waals surface area contributed by atoms with Gasteiger partial charge in [0.15, 0.2) is 4.80 Å². The van der Waals surface area contributed by atoms with Gasteiger partial charge in [-0.15, -0.1) is 11.3 Å². The first kappa shape index (κ1) is 20.8. The van der Waals surface area contributed by atoms with E-state index in [2.05, 4.69) is 9.71 Å². The highest BCUT2D eigenvalue weighted by Crippen LogP contribution is 2.21. The second kappa shape index (κ2) is 8.22. The number of thiazole rings is 1. The van der Waals surface area contributed by atoms with Crippen LogP contribution in [0.25, 0.3) is 0 Å². The zero-order chi connectivity index (χ0) is 20.5. The Kier molecular flexibility index (Phi) is 6.11. The van der Waals surface area contributed by atoms with Crippen LogP contribution in [0.4, 0.5) is 0 Å². The highest BCUT2D eigenvalue weighted by atomic mass is 35.5. The lowest BCUT2D eigenvalue weighted by Crippen LogP contribution is -2.18. The summed E-state index contributed by atoms with van der Waals surface area (Å²) in [5.41, 5.74) is 0.998. The largest absolute Gasteiger partial charge is 0.345 e. The lowest BCUT2D eigenvalue weighted by atomic mass is 10.2. The Morgan fingerprint density at radius 2 is 2.04 bits per heavy atom. The van der Waals surface area contributed by atoms with Gasteiger partial charge in [0.05, 0.1) is 6.54 Å². The van der Waals surface area contributed by atoms with Crippen LogP contribution < -0.4 is 9.52 Å².